The summed E-state index contributed by atoms with van der Waals surface area (Å²) >= 11 is 12.0. The van der Waals surface area contributed by atoms with Crippen molar-refractivity contribution < 1.29 is 23.5 Å². The maximum Gasteiger partial charge on any atom is 0.410 e. The van der Waals surface area contributed by atoms with Gasteiger partial charge in [-0.25, -0.2) is 14.0 Å². The molecule has 1 amide bonds. The largest absolute Gasteiger partial charge is 0.457 e. The number of fused-ring (bicyclic) bond motifs is 1. The Hall–Kier alpha value is -4.08. The predicted octanol–water partition coefficient (Wildman–Crippen LogP) is 6.91. The lowest BCUT2D eigenvalue weighted by Gasteiger charge is -2.37. The number of pyridine rings is 1. The van der Waals surface area contributed by atoms with E-state index in [1.807, 2.05) is 17.0 Å². The van der Waals surface area contributed by atoms with Gasteiger partial charge in [-0.15, -0.1) is 0 Å². The smallest absolute Gasteiger partial charge is 0.410 e. The second-order valence-electron chi connectivity index (χ2n) is 11.6. The van der Waals surface area contributed by atoms with Gasteiger partial charge in [0, 0.05) is 54.4 Å². The molecule has 0 radical (unpaired) electrons. The van der Waals surface area contributed by atoms with Crippen LogP contribution in [0.5, 0.6) is 0 Å². The first-order chi connectivity index (χ1) is 20.9. The van der Waals surface area contributed by atoms with E-state index >= 15 is 4.39 Å². The van der Waals surface area contributed by atoms with Gasteiger partial charge >= 0.3 is 12.1 Å². The fraction of sp³-hybridized carbons (Fsp3) is 0.303. The number of hydrogen-bond donors (Lipinski definition) is 0. The molecule has 1 fully saturated rings. The summed E-state index contributed by atoms with van der Waals surface area (Å²) in [6.45, 7) is 7.08. The van der Waals surface area contributed by atoms with Crippen molar-refractivity contribution in [2.45, 2.75) is 39.5 Å². The summed E-state index contributed by atoms with van der Waals surface area (Å²) in [5, 5.41) is 1.17. The monoisotopic (exact) mass is 639 g/mol. The summed E-state index contributed by atoms with van der Waals surface area (Å²) in [6.07, 6.45) is 1.04. The van der Waals surface area contributed by atoms with Crippen LogP contribution in [0.4, 0.5) is 14.9 Å². The molecule has 44 heavy (non-hydrogen) atoms. The summed E-state index contributed by atoms with van der Waals surface area (Å²) in [4.78, 5) is 42.7. The van der Waals surface area contributed by atoms with Crippen LogP contribution < -0.4 is 10.3 Å². The molecule has 0 spiro atoms. The van der Waals surface area contributed by atoms with Gasteiger partial charge in [0.15, 0.2) is 0 Å². The van der Waals surface area contributed by atoms with Gasteiger partial charge in [0.2, 0.25) is 5.43 Å². The van der Waals surface area contributed by atoms with Gasteiger partial charge in [-0.3, -0.25) is 4.79 Å². The van der Waals surface area contributed by atoms with Crippen molar-refractivity contribution in [3.8, 4) is 0 Å². The molecule has 11 heteroatoms. The fourth-order valence-corrected chi connectivity index (χ4v) is 5.22. The molecule has 0 unspecified atom stereocenters. The second-order valence-corrected chi connectivity index (χ2v) is 12.5. The molecule has 4 aromatic rings. The molecule has 0 bridgehead atoms. The number of carbonyl (C=O) groups excluding carboxylic acids is 2. The molecule has 2 heterocycles. The molecule has 0 atom stereocenters. The van der Waals surface area contributed by atoms with Gasteiger partial charge < -0.3 is 23.8 Å². The zero-order valence-electron chi connectivity index (χ0n) is 24.6. The molecule has 3 aromatic carbocycles. The summed E-state index contributed by atoms with van der Waals surface area (Å²) < 4.78 is 28.3. The average Bonchev–Trinajstić information content (AvgIpc) is 2.98. The Balaban J connectivity index is 1.47. The van der Waals surface area contributed by atoms with Crippen LogP contribution in [0.15, 0.2) is 71.7 Å². The van der Waals surface area contributed by atoms with E-state index in [2.05, 4.69) is 0 Å². The standard InChI is InChI=1S/C33H32Cl2FN3O5/c1-33(2,3)44-32(42)38-14-12-37(13-15-38)29-17-28-25(16-27(29)36)30(40)26(19-39(28)18-21-4-8-23(34)9-5-21)31(41)43-20-22-6-10-24(35)11-7-22/h4-11,16-17,19H,12-15,18,20H2,1-3H3. The molecule has 230 valence electrons. The third-order valence-electron chi connectivity index (χ3n) is 7.19. The molecular formula is C33H32Cl2FN3O5. The van der Waals surface area contributed by atoms with Crippen molar-refractivity contribution in [3.63, 3.8) is 0 Å². The van der Waals surface area contributed by atoms with Crippen molar-refractivity contribution in [3.05, 3.63) is 110 Å². The third kappa shape index (κ3) is 7.34. The first-order valence-electron chi connectivity index (χ1n) is 14.1. The Bertz CT molecular complexity index is 1740. The van der Waals surface area contributed by atoms with Crippen LogP contribution in [0.1, 0.15) is 42.3 Å². The number of halogens is 3. The molecule has 0 N–H and O–H groups in total. The topological polar surface area (TPSA) is 81.1 Å². The first kappa shape index (κ1) is 31.3. The highest BCUT2D eigenvalue weighted by atomic mass is 35.5. The van der Waals surface area contributed by atoms with Crippen LogP contribution in [-0.2, 0) is 22.6 Å². The van der Waals surface area contributed by atoms with Crippen LogP contribution in [0.2, 0.25) is 10.0 Å². The number of benzene rings is 3. The molecule has 1 saturated heterocycles. The molecule has 1 aromatic heterocycles. The zero-order chi connectivity index (χ0) is 31.6. The highest BCUT2D eigenvalue weighted by molar-refractivity contribution is 6.30. The number of carbonyl (C=O) groups is 2. The van der Waals surface area contributed by atoms with Gasteiger partial charge in [-0.1, -0.05) is 47.5 Å². The highest BCUT2D eigenvalue weighted by Gasteiger charge is 2.28. The highest BCUT2D eigenvalue weighted by Crippen LogP contribution is 2.28. The van der Waals surface area contributed by atoms with Crippen molar-refractivity contribution >= 4 is 51.9 Å². The van der Waals surface area contributed by atoms with E-state index in [0.717, 1.165) is 5.56 Å². The van der Waals surface area contributed by atoms with Crippen molar-refractivity contribution in [2.24, 2.45) is 0 Å². The number of amides is 1. The minimum Gasteiger partial charge on any atom is -0.457 e. The van der Waals surface area contributed by atoms with E-state index < -0.39 is 28.9 Å². The maximum absolute atomic E-state index is 15.7. The van der Waals surface area contributed by atoms with Gasteiger partial charge in [0.05, 0.1) is 11.2 Å². The Kier molecular flexibility index (Phi) is 9.18. The van der Waals surface area contributed by atoms with E-state index in [-0.39, 0.29) is 24.1 Å². The Labute approximate surface area is 264 Å². The predicted molar refractivity (Wildman–Crippen MR) is 169 cm³/mol. The quantitative estimate of drug-likeness (QED) is 0.213. The lowest BCUT2D eigenvalue weighted by Crippen LogP contribution is -2.50. The van der Waals surface area contributed by atoms with Crippen LogP contribution in [0.3, 0.4) is 0 Å². The Morgan fingerprint density at radius 1 is 0.886 bits per heavy atom. The van der Waals surface area contributed by atoms with Crippen LogP contribution in [0.25, 0.3) is 10.9 Å². The molecule has 1 aliphatic heterocycles. The number of esters is 1. The Morgan fingerprint density at radius 3 is 2.07 bits per heavy atom. The van der Waals surface area contributed by atoms with E-state index in [1.54, 1.807) is 72.7 Å². The number of piperazine rings is 1. The average molecular weight is 641 g/mol. The van der Waals surface area contributed by atoms with Crippen LogP contribution in [-0.4, -0.2) is 53.3 Å². The second kappa shape index (κ2) is 12.9. The number of nitrogens with zero attached hydrogens (tertiary/aromatic N) is 3. The van der Waals surface area contributed by atoms with Gasteiger partial charge in [-0.2, -0.15) is 0 Å². The minimum absolute atomic E-state index is 0.0496. The summed E-state index contributed by atoms with van der Waals surface area (Å²) in [7, 11) is 0. The number of anilines is 1. The van der Waals surface area contributed by atoms with Crippen LogP contribution in [0, 0.1) is 5.82 Å². The Morgan fingerprint density at radius 2 is 1.48 bits per heavy atom. The normalized spacial score (nSPS) is 13.7. The number of ether oxygens (including phenoxy) is 2. The SMILES string of the molecule is CC(C)(C)OC(=O)N1CCN(c2cc3c(cc2F)c(=O)c(C(=O)OCc2ccc(Cl)cc2)cn3Cc2ccc(Cl)cc2)CC1. The van der Waals surface area contributed by atoms with Crippen molar-refractivity contribution in [1.29, 1.82) is 0 Å². The summed E-state index contributed by atoms with van der Waals surface area (Å²) in [5.74, 6) is -1.43. The lowest BCUT2D eigenvalue weighted by molar-refractivity contribution is 0.0240. The van der Waals surface area contributed by atoms with Crippen molar-refractivity contribution in [2.75, 3.05) is 31.1 Å². The van der Waals surface area contributed by atoms with Crippen molar-refractivity contribution in [1.82, 2.24) is 9.47 Å². The summed E-state index contributed by atoms with van der Waals surface area (Å²) in [6, 6.07) is 16.8. The minimum atomic E-state index is -0.820. The molecule has 8 nitrogen and oxygen atoms in total. The molecule has 0 saturated carbocycles. The number of hydrogen-bond acceptors (Lipinski definition) is 6. The van der Waals surface area contributed by atoms with Gasteiger partial charge in [-0.05, 0) is 68.3 Å². The number of aromatic nitrogens is 1. The van der Waals surface area contributed by atoms with E-state index in [1.165, 1.54) is 12.3 Å². The van der Waals surface area contributed by atoms with E-state index in [9.17, 15) is 14.4 Å². The maximum atomic E-state index is 15.7. The number of rotatable bonds is 6. The van der Waals surface area contributed by atoms with Gasteiger partial charge in [0.1, 0.15) is 23.6 Å². The van der Waals surface area contributed by atoms with Crippen LogP contribution >= 0.6 is 23.2 Å². The van der Waals surface area contributed by atoms with E-state index in [0.29, 0.717) is 53.0 Å². The summed E-state index contributed by atoms with van der Waals surface area (Å²) in [5.41, 5.74) is 0.846. The third-order valence-corrected chi connectivity index (χ3v) is 7.69. The van der Waals surface area contributed by atoms with E-state index in [4.69, 9.17) is 32.7 Å². The lowest BCUT2D eigenvalue weighted by atomic mass is 10.1. The molecular weight excluding hydrogens is 608 g/mol. The van der Waals surface area contributed by atoms with Gasteiger partial charge in [0.25, 0.3) is 0 Å². The zero-order valence-corrected chi connectivity index (χ0v) is 26.1. The molecule has 1 aliphatic rings. The molecule has 0 aliphatic carbocycles. The molecule has 5 rings (SSSR count). The first-order valence-corrected chi connectivity index (χ1v) is 14.9. The fourth-order valence-electron chi connectivity index (χ4n) is 4.97.